The quantitative estimate of drug-likeness (QED) is 0.753. The van der Waals surface area contributed by atoms with Gasteiger partial charge in [-0.15, -0.1) is 0 Å². The highest BCUT2D eigenvalue weighted by atomic mass is 16.4. The van der Waals surface area contributed by atoms with E-state index in [0.29, 0.717) is 0 Å². The molecule has 1 amide bonds. The van der Waals surface area contributed by atoms with E-state index in [1.165, 1.54) is 0 Å². The van der Waals surface area contributed by atoms with Gasteiger partial charge >= 0.3 is 6.09 Å². The van der Waals surface area contributed by atoms with Crippen LogP contribution in [0.4, 0.5) is 4.79 Å². The first-order valence-electron chi connectivity index (χ1n) is 6.28. The van der Waals surface area contributed by atoms with Gasteiger partial charge in [-0.05, 0) is 24.1 Å². The number of benzene rings is 1. The minimum absolute atomic E-state index is 0.137. The maximum absolute atomic E-state index is 10.9. The molecule has 0 aliphatic rings. The van der Waals surface area contributed by atoms with Crippen LogP contribution in [0.15, 0.2) is 30.5 Å². The Kier molecular flexibility index (Phi) is 3.87. The van der Waals surface area contributed by atoms with Gasteiger partial charge in [0.1, 0.15) is 0 Å². The molecule has 18 heavy (non-hydrogen) atoms. The number of carboxylic acid groups (broad SMARTS) is 1. The van der Waals surface area contributed by atoms with E-state index in [0.717, 1.165) is 35.7 Å². The van der Waals surface area contributed by atoms with E-state index >= 15 is 0 Å². The van der Waals surface area contributed by atoms with E-state index in [1.54, 1.807) is 0 Å². The lowest BCUT2D eigenvalue weighted by Crippen LogP contribution is -2.26. The third kappa shape index (κ3) is 2.64. The van der Waals surface area contributed by atoms with Crippen LogP contribution in [0.3, 0.4) is 0 Å². The van der Waals surface area contributed by atoms with Crippen LogP contribution in [-0.4, -0.2) is 16.2 Å². The molecule has 0 saturated heterocycles. The Morgan fingerprint density at radius 3 is 3.00 bits per heavy atom. The van der Waals surface area contributed by atoms with Crippen LogP contribution in [0.5, 0.6) is 0 Å². The first-order chi connectivity index (χ1) is 8.72. The zero-order chi connectivity index (χ0) is 13.0. The summed E-state index contributed by atoms with van der Waals surface area (Å²) in [7, 11) is 0. The summed E-state index contributed by atoms with van der Waals surface area (Å²) in [6, 6.07) is 7.80. The lowest BCUT2D eigenvalue weighted by Gasteiger charge is -2.18. The maximum atomic E-state index is 10.9. The average molecular weight is 246 g/mol. The monoisotopic (exact) mass is 246 g/mol. The number of carbonyl (C=O) groups is 1. The van der Waals surface area contributed by atoms with E-state index < -0.39 is 6.09 Å². The highest BCUT2D eigenvalue weighted by molar-refractivity contribution is 5.83. The molecule has 96 valence electrons. The van der Waals surface area contributed by atoms with Crippen molar-refractivity contribution in [3.8, 4) is 0 Å². The van der Waals surface area contributed by atoms with Gasteiger partial charge in [0.25, 0.3) is 0 Å². The lowest BCUT2D eigenvalue weighted by atomic mass is 9.98. The number of hydrogen-bond donors (Lipinski definition) is 3. The number of amides is 1. The molecule has 4 nitrogen and oxygen atoms in total. The molecule has 1 aromatic heterocycles. The van der Waals surface area contributed by atoms with Crippen LogP contribution < -0.4 is 5.32 Å². The Morgan fingerprint density at radius 2 is 2.28 bits per heavy atom. The number of aromatic amines is 1. The third-order valence-electron chi connectivity index (χ3n) is 3.15. The number of H-pyrrole nitrogens is 1. The van der Waals surface area contributed by atoms with E-state index in [4.69, 9.17) is 5.11 Å². The standard InChI is InChI=1S/C14H18N2O2/c1-2-3-6-13(16-14(17)18)10-5-4-7-12-11(10)8-9-15-12/h4-5,7-9,13,15-16H,2-3,6H2,1H3,(H,17,18). The fraction of sp³-hybridized carbons (Fsp3) is 0.357. The molecule has 0 aliphatic carbocycles. The molecule has 0 radical (unpaired) electrons. The van der Waals surface area contributed by atoms with E-state index in [9.17, 15) is 4.79 Å². The van der Waals surface area contributed by atoms with Gasteiger partial charge in [0.05, 0.1) is 6.04 Å². The summed E-state index contributed by atoms with van der Waals surface area (Å²) in [6.07, 6.45) is 3.80. The first kappa shape index (κ1) is 12.5. The van der Waals surface area contributed by atoms with Gasteiger partial charge in [-0.1, -0.05) is 31.9 Å². The predicted molar refractivity (Wildman–Crippen MR) is 71.7 cm³/mol. The van der Waals surface area contributed by atoms with Gasteiger partial charge < -0.3 is 15.4 Å². The smallest absolute Gasteiger partial charge is 0.405 e. The van der Waals surface area contributed by atoms with Crippen molar-refractivity contribution in [2.75, 3.05) is 0 Å². The summed E-state index contributed by atoms with van der Waals surface area (Å²) in [5.41, 5.74) is 2.09. The van der Waals surface area contributed by atoms with Crippen molar-refractivity contribution in [1.82, 2.24) is 10.3 Å². The zero-order valence-electron chi connectivity index (χ0n) is 10.4. The minimum Gasteiger partial charge on any atom is -0.465 e. The van der Waals surface area contributed by atoms with Crippen LogP contribution in [0, 0.1) is 0 Å². The Hall–Kier alpha value is -1.97. The van der Waals surface area contributed by atoms with Gasteiger partial charge in [-0.2, -0.15) is 0 Å². The van der Waals surface area contributed by atoms with Crippen molar-refractivity contribution < 1.29 is 9.90 Å². The van der Waals surface area contributed by atoms with E-state index in [1.807, 2.05) is 30.5 Å². The van der Waals surface area contributed by atoms with E-state index in [-0.39, 0.29) is 6.04 Å². The Bertz CT molecular complexity index is 533. The van der Waals surface area contributed by atoms with Gasteiger partial charge in [0.15, 0.2) is 0 Å². The molecule has 1 aromatic carbocycles. The topological polar surface area (TPSA) is 65.1 Å². The molecule has 1 unspecified atom stereocenters. The largest absolute Gasteiger partial charge is 0.465 e. The van der Waals surface area contributed by atoms with Crippen LogP contribution in [-0.2, 0) is 0 Å². The summed E-state index contributed by atoms with van der Waals surface area (Å²) < 4.78 is 0. The highest BCUT2D eigenvalue weighted by Gasteiger charge is 2.16. The summed E-state index contributed by atoms with van der Waals surface area (Å²) in [5, 5.41) is 12.7. The molecule has 4 heteroatoms. The Labute approximate surface area is 106 Å². The molecule has 0 bridgehead atoms. The first-order valence-corrected chi connectivity index (χ1v) is 6.28. The van der Waals surface area contributed by atoms with Gasteiger partial charge in [0.2, 0.25) is 0 Å². The third-order valence-corrected chi connectivity index (χ3v) is 3.15. The molecule has 0 aliphatic heterocycles. The molecule has 1 atom stereocenters. The molecule has 2 aromatic rings. The second kappa shape index (κ2) is 5.58. The van der Waals surface area contributed by atoms with Crippen molar-refractivity contribution in [2.45, 2.75) is 32.2 Å². The van der Waals surface area contributed by atoms with Crippen LogP contribution >= 0.6 is 0 Å². The van der Waals surface area contributed by atoms with Crippen molar-refractivity contribution in [1.29, 1.82) is 0 Å². The number of hydrogen-bond acceptors (Lipinski definition) is 1. The van der Waals surface area contributed by atoms with Crippen LogP contribution in [0.25, 0.3) is 10.9 Å². The Morgan fingerprint density at radius 1 is 1.44 bits per heavy atom. The molecule has 1 heterocycles. The summed E-state index contributed by atoms with van der Waals surface area (Å²) >= 11 is 0. The van der Waals surface area contributed by atoms with Gasteiger partial charge in [0, 0.05) is 17.1 Å². The lowest BCUT2D eigenvalue weighted by molar-refractivity contribution is 0.189. The second-order valence-corrected chi connectivity index (χ2v) is 4.43. The number of rotatable bonds is 5. The SMILES string of the molecule is CCCCC(NC(=O)O)c1cccc2[nH]ccc12. The normalized spacial score (nSPS) is 12.5. The Balaban J connectivity index is 2.33. The average Bonchev–Trinajstić information content (AvgIpc) is 2.82. The van der Waals surface area contributed by atoms with Crippen molar-refractivity contribution in [2.24, 2.45) is 0 Å². The number of fused-ring (bicyclic) bond motifs is 1. The molecule has 2 rings (SSSR count). The summed E-state index contributed by atoms with van der Waals surface area (Å²) in [5.74, 6) is 0. The fourth-order valence-corrected chi connectivity index (χ4v) is 2.28. The van der Waals surface area contributed by atoms with Crippen molar-refractivity contribution in [3.63, 3.8) is 0 Å². The van der Waals surface area contributed by atoms with E-state index in [2.05, 4.69) is 17.2 Å². The minimum atomic E-state index is -0.969. The van der Waals surface area contributed by atoms with Crippen LogP contribution in [0.1, 0.15) is 37.8 Å². The zero-order valence-corrected chi connectivity index (χ0v) is 10.4. The van der Waals surface area contributed by atoms with Gasteiger partial charge in [-0.3, -0.25) is 0 Å². The highest BCUT2D eigenvalue weighted by Crippen LogP contribution is 2.27. The molecule has 3 N–H and O–H groups in total. The molecular weight excluding hydrogens is 228 g/mol. The second-order valence-electron chi connectivity index (χ2n) is 4.43. The number of nitrogens with one attached hydrogen (secondary N) is 2. The summed E-state index contributed by atoms with van der Waals surface area (Å²) in [4.78, 5) is 14.1. The number of unbranched alkanes of at least 4 members (excludes halogenated alkanes) is 1. The number of aromatic nitrogens is 1. The molecular formula is C14H18N2O2. The predicted octanol–water partition coefficient (Wildman–Crippen LogP) is 3.67. The van der Waals surface area contributed by atoms with Crippen molar-refractivity contribution >= 4 is 17.0 Å². The van der Waals surface area contributed by atoms with Crippen molar-refractivity contribution in [3.05, 3.63) is 36.0 Å². The maximum Gasteiger partial charge on any atom is 0.405 e. The summed E-state index contributed by atoms with van der Waals surface area (Å²) in [6.45, 7) is 2.11. The molecule has 0 spiro atoms. The fourth-order valence-electron chi connectivity index (χ4n) is 2.28. The molecule has 0 saturated carbocycles. The van der Waals surface area contributed by atoms with Gasteiger partial charge in [-0.25, -0.2) is 4.79 Å². The van der Waals surface area contributed by atoms with Crippen LogP contribution in [0.2, 0.25) is 0 Å². The molecule has 0 fully saturated rings.